The molecule has 0 aliphatic heterocycles. The van der Waals surface area contributed by atoms with Crippen LogP contribution in [-0.4, -0.2) is 33.8 Å². The molecule has 90 valence electrons. The number of hydrogen-bond acceptors (Lipinski definition) is 4. The van der Waals surface area contributed by atoms with Crippen molar-refractivity contribution in [2.45, 2.75) is 6.42 Å². The van der Waals surface area contributed by atoms with E-state index in [4.69, 9.17) is 21.4 Å². The van der Waals surface area contributed by atoms with E-state index in [0.717, 1.165) is 0 Å². The zero-order chi connectivity index (χ0) is 12.3. The number of nitrogens with zero attached hydrogens (tertiary/aromatic N) is 3. The predicted molar refractivity (Wildman–Crippen MR) is 63.7 cm³/mol. The Hall–Kier alpha value is -1.59. The van der Waals surface area contributed by atoms with Crippen LogP contribution in [0.15, 0.2) is 24.4 Å². The first-order chi connectivity index (χ1) is 8.24. The minimum Gasteiger partial charge on any atom is -0.497 e. The standard InChI is InChI=1S/C11H12ClN3O2/c1-17-9-2-3-10(12)11(6-9)15-7-8(4-5-16)13-14-15/h2-3,6-7,16H,4-5H2,1H3. The van der Waals surface area contributed by atoms with Gasteiger partial charge in [-0.15, -0.1) is 5.10 Å². The van der Waals surface area contributed by atoms with E-state index in [1.807, 2.05) is 0 Å². The fraction of sp³-hybridized carbons (Fsp3) is 0.273. The molecular weight excluding hydrogens is 242 g/mol. The third kappa shape index (κ3) is 2.57. The molecule has 0 spiro atoms. The Morgan fingerprint density at radius 2 is 2.29 bits per heavy atom. The molecule has 6 heteroatoms. The summed E-state index contributed by atoms with van der Waals surface area (Å²) >= 11 is 6.08. The maximum atomic E-state index is 8.81. The second kappa shape index (κ2) is 5.16. The highest BCUT2D eigenvalue weighted by molar-refractivity contribution is 6.32. The van der Waals surface area contributed by atoms with Crippen molar-refractivity contribution in [1.82, 2.24) is 15.0 Å². The minimum atomic E-state index is 0.0462. The van der Waals surface area contributed by atoms with Crippen LogP contribution in [0.1, 0.15) is 5.69 Å². The summed E-state index contributed by atoms with van der Waals surface area (Å²) in [6.07, 6.45) is 2.21. The first-order valence-corrected chi connectivity index (χ1v) is 5.48. The molecule has 0 saturated heterocycles. The molecule has 0 bridgehead atoms. The van der Waals surface area contributed by atoms with Crippen molar-refractivity contribution in [3.05, 3.63) is 35.1 Å². The van der Waals surface area contributed by atoms with Gasteiger partial charge in [-0.25, -0.2) is 4.68 Å². The van der Waals surface area contributed by atoms with Gasteiger partial charge < -0.3 is 9.84 Å². The summed E-state index contributed by atoms with van der Waals surface area (Å²) in [5.74, 6) is 0.698. The van der Waals surface area contributed by atoms with Crippen LogP contribution in [0.2, 0.25) is 5.02 Å². The molecule has 1 aromatic carbocycles. The lowest BCUT2D eigenvalue weighted by atomic mass is 10.3. The predicted octanol–water partition coefficient (Wildman–Crippen LogP) is 1.46. The Kier molecular flexibility index (Phi) is 3.61. The number of ether oxygens (including phenoxy) is 1. The van der Waals surface area contributed by atoms with Crippen LogP contribution in [0.25, 0.3) is 5.69 Å². The third-order valence-electron chi connectivity index (χ3n) is 2.31. The van der Waals surface area contributed by atoms with Crippen molar-refractivity contribution in [2.24, 2.45) is 0 Å². The monoisotopic (exact) mass is 253 g/mol. The van der Waals surface area contributed by atoms with E-state index in [1.54, 1.807) is 36.2 Å². The van der Waals surface area contributed by atoms with Crippen LogP contribution < -0.4 is 4.74 Å². The first kappa shape index (κ1) is 11.9. The lowest BCUT2D eigenvalue weighted by Gasteiger charge is -2.05. The second-order valence-corrected chi connectivity index (χ2v) is 3.85. The maximum Gasteiger partial charge on any atom is 0.121 e. The van der Waals surface area contributed by atoms with Gasteiger partial charge in [0.15, 0.2) is 0 Å². The molecule has 0 aliphatic carbocycles. The van der Waals surface area contributed by atoms with Crippen molar-refractivity contribution in [1.29, 1.82) is 0 Å². The van der Waals surface area contributed by atoms with E-state index in [9.17, 15) is 0 Å². The van der Waals surface area contributed by atoms with E-state index in [2.05, 4.69) is 10.3 Å². The van der Waals surface area contributed by atoms with Gasteiger partial charge in [-0.1, -0.05) is 16.8 Å². The molecule has 0 atom stereocenters. The number of aliphatic hydroxyl groups is 1. The molecule has 1 aromatic heterocycles. The van der Waals surface area contributed by atoms with Crippen molar-refractivity contribution in [3.63, 3.8) is 0 Å². The Labute approximate surface area is 104 Å². The summed E-state index contributed by atoms with van der Waals surface area (Å²) in [5, 5.41) is 17.3. The number of hydrogen-bond donors (Lipinski definition) is 1. The van der Waals surface area contributed by atoms with Gasteiger partial charge in [0.05, 0.1) is 29.7 Å². The number of methoxy groups -OCH3 is 1. The van der Waals surface area contributed by atoms with Gasteiger partial charge in [-0.3, -0.25) is 0 Å². The summed E-state index contributed by atoms with van der Waals surface area (Å²) in [5.41, 5.74) is 1.41. The molecule has 0 fully saturated rings. The van der Waals surface area contributed by atoms with E-state index in [-0.39, 0.29) is 6.61 Å². The molecule has 0 amide bonds. The summed E-state index contributed by atoms with van der Waals surface area (Å²) in [6, 6.07) is 5.29. The average molecular weight is 254 g/mol. The van der Waals surface area contributed by atoms with Gasteiger partial charge in [0, 0.05) is 19.1 Å². The smallest absolute Gasteiger partial charge is 0.121 e. The third-order valence-corrected chi connectivity index (χ3v) is 2.63. The summed E-state index contributed by atoms with van der Waals surface area (Å²) in [7, 11) is 1.59. The van der Waals surface area contributed by atoms with E-state index >= 15 is 0 Å². The van der Waals surface area contributed by atoms with Crippen molar-refractivity contribution in [2.75, 3.05) is 13.7 Å². The van der Waals surface area contributed by atoms with E-state index in [0.29, 0.717) is 28.6 Å². The lowest BCUT2D eigenvalue weighted by Crippen LogP contribution is -1.97. The Bertz CT molecular complexity index is 513. The summed E-state index contributed by atoms with van der Waals surface area (Å²) < 4.78 is 6.69. The highest BCUT2D eigenvalue weighted by Crippen LogP contribution is 2.24. The lowest BCUT2D eigenvalue weighted by molar-refractivity contribution is 0.298. The number of aliphatic hydroxyl groups excluding tert-OH is 1. The number of aromatic nitrogens is 3. The van der Waals surface area contributed by atoms with Crippen LogP contribution in [0.4, 0.5) is 0 Å². The van der Waals surface area contributed by atoms with Crippen molar-refractivity contribution in [3.8, 4) is 11.4 Å². The molecule has 1 N–H and O–H groups in total. The van der Waals surface area contributed by atoms with Crippen molar-refractivity contribution >= 4 is 11.6 Å². The molecule has 1 heterocycles. The topological polar surface area (TPSA) is 60.2 Å². The van der Waals surface area contributed by atoms with Gasteiger partial charge in [0.1, 0.15) is 5.75 Å². The van der Waals surface area contributed by atoms with Gasteiger partial charge >= 0.3 is 0 Å². The maximum absolute atomic E-state index is 8.81. The zero-order valence-corrected chi connectivity index (χ0v) is 10.1. The Balaban J connectivity index is 2.37. The quantitative estimate of drug-likeness (QED) is 0.896. The highest BCUT2D eigenvalue weighted by Gasteiger charge is 2.07. The molecule has 0 radical (unpaired) electrons. The Morgan fingerprint density at radius 1 is 1.47 bits per heavy atom. The SMILES string of the molecule is COc1ccc(Cl)c(-n2cc(CCO)nn2)c1. The molecule has 2 aromatic rings. The van der Waals surface area contributed by atoms with E-state index in [1.165, 1.54) is 0 Å². The molecule has 0 aliphatic rings. The minimum absolute atomic E-state index is 0.0462. The first-order valence-electron chi connectivity index (χ1n) is 5.10. The van der Waals surface area contributed by atoms with Gasteiger partial charge in [0.2, 0.25) is 0 Å². The molecule has 2 rings (SSSR count). The number of benzene rings is 1. The molecule has 17 heavy (non-hydrogen) atoms. The van der Waals surface area contributed by atoms with E-state index < -0.39 is 0 Å². The molecule has 0 unspecified atom stereocenters. The van der Waals surface area contributed by atoms with Crippen LogP contribution in [0.3, 0.4) is 0 Å². The molecule has 5 nitrogen and oxygen atoms in total. The second-order valence-electron chi connectivity index (χ2n) is 3.45. The zero-order valence-electron chi connectivity index (χ0n) is 9.30. The Morgan fingerprint density at radius 3 is 3.00 bits per heavy atom. The largest absolute Gasteiger partial charge is 0.497 e. The average Bonchev–Trinajstić information content (AvgIpc) is 2.79. The molecule has 0 saturated carbocycles. The van der Waals surface area contributed by atoms with Crippen LogP contribution in [-0.2, 0) is 6.42 Å². The van der Waals surface area contributed by atoms with Gasteiger partial charge in [-0.2, -0.15) is 0 Å². The fourth-order valence-electron chi connectivity index (χ4n) is 1.44. The number of rotatable bonds is 4. The van der Waals surface area contributed by atoms with Crippen LogP contribution in [0.5, 0.6) is 5.75 Å². The highest BCUT2D eigenvalue weighted by atomic mass is 35.5. The number of halogens is 1. The fourth-order valence-corrected chi connectivity index (χ4v) is 1.64. The van der Waals surface area contributed by atoms with Gasteiger partial charge in [-0.05, 0) is 12.1 Å². The van der Waals surface area contributed by atoms with Crippen LogP contribution >= 0.6 is 11.6 Å². The van der Waals surface area contributed by atoms with Crippen molar-refractivity contribution < 1.29 is 9.84 Å². The summed E-state index contributed by atoms with van der Waals surface area (Å²) in [4.78, 5) is 0. The molecular formula is C11H12ClN3O2. The van der Waals surface area contributed by atoms with Crippen LogP contribution in [0, 0.1) is 0 Å². The normalized spacial score (nSPS) is 10.5. The summed E-state index contributed by atoms with van der Waals surface area (Å²) in [6.45, 7) is 0.0462. The van der Waals surface area contributed by atoms with Gasteiger partial charge in [0.25, 0.3) is 0 Å².